The average Bonchev–Trinajstić information content (AvgIpc) is 3.56. The summed E-state index contributed by atoms with van der Waals surface area (Å²) in [5, 5.41) is 6.57. The molecule has 3 aromatic heterocycles. The second-order valence-electron chi connectivity index (χ2n) is 17.1. The van der Waals surface area contributed by atoms with Crippen molar-refractivity contribution in [2.45, 2.75) is 70.4 Å². The van der Waals surface area contributed by atoms with Crippen LogP contribution in [-0.4, -0.2) is 48.3 Å². The first-order valence-electron chi connectivity index (χ1n) is 19.1. The van der Waals surface area contributed by atoms with Crippen LogP contribution in [0.3, 0.4) is 0 Å². The summed E-state index contributed by atoms with van der Waals surface area (Å²) in [4.78, 5) is 13.7. The van der Waals surface area contributed by atoms with Crippen LogP contribution in [0.2, 0.25) is 10.1 Å². The molecule has 0 unspecified atom stereocenters. The summed E-state index contributed by atoms with van der Waals surface area (Å²) in [5.74, 6) is 0.498. The van der Waals surface area contributed by atoms with Crippen LogP contribution in [-0.2, 0) is 14.4 Å². The zero-order valence-corrected chi connectivity index (χ0v) is 35.1. The lowest BCUT2D eigenvalue weighted by Gasteiger charge is -2.63. The Morgan fingerprint density at radius 2 is 1.59 bits per heavy atom. The number of fused-ring (bicyclic) bond motifs is 3. The number of anilines is 1. The topological polar surface area (TPSA) is 99.0 Å². The van der Waals surface area contributed by atoms with Crippen LogP contribution >= 0.6 is 11.6 Å². The third kappa shape index (κ3) is 6.46. The molecule has 0 spiro atoms. The summed E-state index contributed by atoms with van der Waals surface area (Å²) in [6.45, 7) is 13.8. The van der Waals surface area contributed by atoms with Crippen molar-refractivity contribution in [2.24, 2.45) is 23.2 Å². The van der Waals surface area contributed by atoms with E-state index < -0.39 is 24.2 Å². The molecule has 8 nitrogen and oxygen atoms in total. The molecule has 3 saturated carbocycles. The number of aryl methyl sites for hydroxylation is 1. The van der Waals surface area contributed by atoms with Gasteiger partial charge in [-0.05, 0) is 70.6 Å². The SMILES string of the molecule is Cc1ccc(S(=O)(=O)n2cc(-c3ncc(F)c(N[C@@H]4[C@@H](CO[Si](c5ccccc5)(c5ccccc5)C(C)(C)C)C[C@H]5C[C@H]4C5(C)C)n3)c3cc(Cl)cnc32)cc1. The van der Waals surface area contributed by atoms with Crippen molar-refractivity contribution < 1.29 is 17.2 Å². The summed E-state index contributed by atoms with van der Waals surface area (Å²) in [7, 11) is -6.89. The molecule has 3 aromatic carbocycles. The number of hydrogen-bond donors (Lipinski definition) is 1. The Hall–Kier alpha value is -4.42. The number of nitrogens with one attached hydrogen (secondary N) is 1. The van der Waals surface area contributed by atoms with E-state index in [0.717, 1.165) is 28.6 Å². The van der Waals surface area contributed by atoms with Gasteiger partial charge in [0.05, 0.1) is 16.1 Å². The van der Waals surface area contributed by atoms with E-state index in [0.29, 0.717) is 28.5 Å². The van der Waals surface area contributed by atoms with Crippen molar-refractivity contribution in [1.29, 1.82) is 0 Å². The van der Waals surface area contributed by atoms with Gasteiger partial charge in [-0.1, -0.05) is 125 Å². The highest BCUT2D eigenvalue weighted by molar-refractivity contribution is 7.90. The second-order valence-corrected chi connectivity index (χ2v) is 23.6. The number of nitrogens with zero attached hydrogens (tertiary/aromatic N) is 4. The van der Waals surface area contributed by atoms with Crippen LogP contribution in [0.5, 0.6) is 0 Å². The first-order chi connectivity index (χ1) is 26.6. The Morgan fingerprint density at radius 3 is 2.20 bits per heavy atom. The van der Waals surface area contributed by atoms with Gasteiger partial charge in [-0.15, -0.1) is 0 Å². The van der Waals surface area contributed by atoms with Crippen LogP contribution in [0.1, 0.15) is 53.0 Å². The van der Waals surface area contributed by atoms with Gasteiger partial charge < -0.3 is 9.74 Å². The van der Waals surface area contributed by atoms with E-state index in [9.17, 15) is 8.42 Å². The molecule has 12 heteroatoms. The summed E-state index contributed by atoms with van der Waals surface area (Å²) < 4.78 is 52.4. The summed E-state index contributed by atoms with van der Waals surface area (Å²) in [5.41, 5.74) is 1.52. The smallest absolute Gasteiger partial charge is 0.269 e. The molecule has 3 aliphatic carbocycles. The fourth-order valence-electron chi connectivity index (χ4n) is 9.29. The van der Waals surface area contributed by atoms with Gasteiger partial charge in [0.25, 0.3) is 18.3 Å². The number of rotatable bonds is 10. The van der Waals surface area contributed by atoms with Crippen molar-refractivity contribution in [2.75, 3.05) is 11.9 Å². The van der Waals surface area contributed by atoms with Gasteiger partial charge in [0.1, 0.15) is 0 Å². The number of aromatic nitrogens is 4. The lowest BCUT2D eigenvalue weighted by molar-refractivity contribution is -0.106. The van der Waals surface area contributed by atoms with Gasteiger partial charge in [0.2, 0.25) is 0 Å². The minimum absolute atomic E-state index is 0.0537. The van der Waals surface area contributed by atoms with Gasteiger partial charge >= 0.3 is 0 Å². The monoisotopic (exact) mass is 807 g/mol. The van der Waals surface area contributed by atoms with E-state index in [1.54, 1.807) is 30.3 Å². The number of benzene rings is 3. The van der Waals surface area contributed by atoms with Crippen molar-refractivity contribution in [3.63, 3.8) is 0 Å². The Balaban J connectivity index is 1.16. The van der Waals surface area contributed by atoms with Crippen molar-refractivity contribution in [3.8, 4) is 11.4 Å². The molecule has 0 aliphatic heterocycles. The van der Waals surface area contributed by atoms with Crippen molar-refractivity contribution in [3.05, 3.63) is 126 Å². The first-order valence-corrected chi connectivity index (χ1v) is 22.9. The van der Waals surface area contributed by atoms with E-state index in [1.165, 1.54) is 22.8 Å². The van der Waals surface area contributed by atoms with Crippen molar-refractivity contribution >= 4 is 57.2 Å². The Morgan fingerprint density at radius 1 is 0.946 bits per heavy atom. The predicted octanol–water partition coefficient (Wildman–Crippen LogP) is 8.87. The summed E-state index contributed by atoms with van der Waals surface area (Å²) >= 11 is 6.41. The lowest BCUT2D eigenvalue weighted by Crippen LogP contribution is -2.68. The van der Waals surface area contributed by atoms with E-state index in [2.05, 4.69) is 98.4 Å². The fourth-order valence-corrected chi connectivity index (χ4v) is 15.4. The Bertz CT molecular complexity index is 2470. The minimum Gasteiger partial charge on any atom is -0.407 e. The maximum absolute atomic E-state index is 16.0. The molecule has 3 aliphatic rings. The fraction of sp³-hybridized carbons (Fsp3) is 0.341. The van der Waals surface area contributed by atoms with E-state index >= 15 is 4.39 Å². The third-order valence-corrected chi connectivity index (χ3v) is 19.3. The molecule has 4 atom stereocenters. The minimum atomic E-state index is -4.06. The van der Waals surface area contributed by atoms with Crippen molar-refractivity contribution in [1.82, 2.24) is 18.9 Å². The lowest BCUT2D eigenvalue weighted by atomic mass is 9.45. The molecule has 290 valence electrons. The summed E-state index contributed by atoms with van der Waals surface area (Å²) in [6.07, 6.45) is 5.97. The molecule has 3 heterocycles. The average molecular weight is 808 g/mol. The van der Waals surface area contributed by atoms with Crippen LogP contribution < -0.4 is 15.7 Å². The highest BCUT2D eigenvalue weighted by Gasteiger charge is 2.59. The van der Waals surface area contributed by atoms with Gasteiger partial charge in [-0.25, -0.2) is 31.7 Å². The van der Waals surface area contributed by atoms with Crippen LogP contribution in [0, 0.1) is 35.9 Å². The molecule has 2 bridgehead atoms. The van der Waals surface area contributed by atoms with Crippen LogP contribution in [0.4, 0.5) is 10.2 Å². The largest absolute Gasteiger partial charge is 0.407 e. The number of hydrogen-bond acceptors (Lipinski definition) is 7. The molecule has 1 N–H and O–H groups in total. The number of halogens is 2. The molecule has 9 rings (SSSR count). The molecule has 0 radical (unpaired) electrons. The standard InChI is InChI=1S/C44H47ClFN5O3SSi/c1-28-17-19-32(20-18-28)55(52,53)51-26-36(35-23-31(45)24-48-42(35)51)40-47-25-38(46)41(50-40)49-39-29(21-30-22-37(39)44(30,5)6)27-54-56(43(2,3)4,33-13-9-7-10-14-33)34-15-11-8-12-16-34/h7-20,23-26,29-30,37,39H,21-22,27H2,1-6H3,(H,47,49,50)/t29-,30+,37-,39-/m1/s1. The maximum atomic E-state index is 16.0. The number of pyridine rings is 1. The zero-order valence-electron chi connectivity index (χ0n) is 32.5. The third-order valence-electron chi connectivity index (χ3n) is 12.5. The highest BCUT2D eigenvalue weighted by Crippen LogP contribution is 2.61. The normalized spacial score (nSPS) is 20.8. The zero-order chi connectivity index (χ0) is 39.6. The molecule has 0 amide bonds. The molecule has 56 heavy (non-hydrogen) atoms. The van der Waals surface area contributed by atoms with Crippen LogP contribution in [0.25, 0.3) is 22.4 Å². The van der Waals surface area contributed by atoms with E-state index in [1.807, 2.05) is 19.1 Å². The van der Waals surface area contributed by atoms with Gasteiger partial charge in [0, 0.05) is 41.9 Å². The quantitative estimate of drug-likeness (QED) is 0.138. The molecule has 3 fully saturated rings. The van der Waals surface area contributed by atoms with Gasteiger partial charge in [-0.3, -0.25) is 0 Å². The van der Waals surface area contributed by atoms with Gasteiger partial charge in [0.15, 0.2) is 23.1 Å². The second kappa shape index (κ2) is 14.2. The molecular formula is C44H47ClFN5O3SSi. The molecule has 0 saturated heterocycles. The highest BCUT2D eigenvalue weighted by atomic mass is 35.5. The molecular weight excluding hydrogens is 761 g/mol. The Labute approximate surface area is 334 Å². The molecule has 6 aromatic rings. The maximum Gasteiger partial charge on any atom is 0.269 e. The summed E-state index contributed by atoms with van der Waals surface area (Å²) in [6, 6.07) is 29.4. The first kappa shape index (κ1) is 38.5. The van der Waals surface area contributed by atoms with E-state index in [4.69, 9.17) is 21.0 Å². The van der Waals surface area contributed by atoms with Gasteiger partial charge in [-0.2, -0.15) is 0 Å². The van der Waals surface area contributed by atoms with E-state index in [-0.39, 0.29) is 50.5 Å². The Kier molecular flexibility index (Phi) is 9.75. The van der Waals surface area contributed by atoms with Crippen LogP contribution in [0.15, 0.2) is 114 Å². The predicted molar refractivity (Wildman–Crippen MR) is 224 cm³/mol.